The van der Waals surface area contributed by atoms with Crippen LogP contribution in [0.2, 0.25) is 0 Å². The second-order valence-electron chi connectivity index (χ2n) is 8.94. The lowest BCUT2D eigenvalue weighted by atomic mass is 10.3. The van der Waals surface area contributed by atoms with Crippen LogP contribution < -0.4 is 20.3 Å². The van der Waals surface area contributed by atoms with Crippen LogP contribution in [0.15, 0.2) is 30.6 Å². The minimum absolute atomic E-state index is 0.0112. The molecule has 39 heavy (non-hydrogen) atoms. The number of imidazole rings is 1. The number of halogens is 2. The first-order valence-corrected chi connectivity index (χ1v) is 12.3. The summed E-state index contributed by atoms with van der Waals surface area (Å²) in [4.78, 5) is 30.4. The normalized spacial score (nSPS) is 13.9. The third-order valence-electron chi connectivity index (χ3n) is 5.94. The molecule has 0 unspecified atom stereocenters. The Labute approximate surface area is 223 Å². The lowest BCUT2D eigenvalue weighted by Gasteiger charge is -2.27. The Morgan fingerprint density at radius 3 is 2.46 bits per heavy atom. The molecule has 5 rings (SSSR count). The van der Waals surface area contributed by atoms with E-state index in [9.17, 15) is 8.78 Å². The van der Waals surface area contributed by atoms with Crippen LogP contribution >= 0.6 is 0 Å². The van der Waals surface area contributed by atoms with Gasteiger partial charge >= 0.3 is 0 Å². The first kappa shape index (κ1) is 26.4. The molecular formula is C24H29F2N11O2. The fraction of sp³-hybridized carbons (Fsp3) is 0.417. The number of alkyl halides is 2. The SMILES string of the molecule is COc1cccc2c1nc(C(F)F)n2-c1nc(Nc2cnc(NCCN(C)C)nc2)nc(N2CCOCC2)n1. The Morgan fingerprint density at radius 2 is 1.77 bits per heavy atom. The van der Waals surface area contributed by atoms with Crippen molar-refractivity contribution in [2.24, 2.45) is 0 Å². The molecule has 13 nitrogen and oxygen atoms in total. The fourth-order valence-electron chi connectivity index (χ4n) is 4.03. The van der Waals surface area contributed by atoms with Crippen LogP contribution in [-0.2, 0) is 4.74 Å². The van der Waals surface area contributed by atoms with Gasteiger partial charge in [0, 0.05) is 26.2 Å². The zero-order valence-electron chi connectivity index (χ0n) is 21.8. The number of benzene rings is 1. The van der Waals surface area contributed by atoms with Crippen molar-refractivity contribution >= 4 is 34.6 Å². The molecule has 0 bridgehead atoms. The molecule has 0 saturated carbocycles. The number of aromatic nitrogens is 7. The maximum atomic E-state index is 14.2. The van der Waals surface area contributed by atoms with Crippen molar-refractivity contribution in [3.05, 3.63) is 36.4 Å². The molecular weight excluding hydrogens is 512 g/mol. The average molecular weight is 542 g/mol. The smallest absolute Gasteiger partial charge is 0.296 e. The van der Waals surface area contributed by atoms with E-state index in [1.807, 2.05) is 23.9 Å². The quantitative estimate of drug-likeness (QED) is 0.306. The number of likely N-dealkylation sites (N-methyl/N-ethyl adjacent to an activating group) is 1. The van der Waals surface area contributed by atoms with Crippen LogP contribution in [0.3, 0.4) is 0 Å². The van der Waals surface area contributed by atoms with E-state index in [1.165, 1.54) is 11.7 Å². The van der Waals surface area contributed by atoms with Crippen LogP contribution in [0.1, 0.15) is 12.2 Å². The number of fused-ring (bicyclic) bond motifs is 1. The molecule has 3 aromatic heterocycles. The summed E-state index contributed by atoms with van der Waals surface area (Å²) in [5.41, 5.74) is 1.18. The number of nitrogens with zero attached hydrogens (tertiary/aromatic N) is 9. The molecule has 1 saturated heterocycles. The standard InChI is InChI=1S/C24H29F2N11O2/c1-35(2)8-7-27-21-28-13-15(14-29-21)30-22-32-23(36-9-11-39-12-10-36)34-24(33-22)37-16-5-4-6-17(38-3)18(16)31-20(37)19(25)26/h4-6,13-14,19H,7-12H2,1-3H3,(H,27,28,29)(H,30,32,33,34). The highest BCUT2D eigenvalue weighted by atomic mass is 19.3. The van der Waals surface area contributed by atoms with Gasteiger partial charge in [-0.2, -0.15) is 15.0 Å². The number of hydrogen-bond acceptors (Lipinski definition) is 12. The van der Waals surface area contributed by atoms with E-state index < -0.39 is 12.2 Å². The highest BCUT2D eigenvalue weighted by molar-refractivity contribution is 5.84. The Kier molecular flexibility index (Phi) is 7.88. The zero-order valence-corrected chi connectivity index (χ0v) is 21.8. The van der Waals surface area contributed by atoms with Gasteiger partial charge in [-0.05, 0) is 26.2 Å². The molecule has 4 heterocycles. The van der Waals surface area contributed by atoms with Gasteiger partial charge in [-0.25, -0.2) is 23.7 Å². The highest BCUT2D eigenvalue weighted by Gasteiger charge is 2.25. The maximum Gasteiger partial charge on any atom is 0.296 e. The van der Waals surface area contributed by atoms with Gasteiger partial charge in [-0.3, -0.25) is 4.57 Å². The van der Waals surface area contributed by atoms with Crippen molar-refractivity contribution in [2.75, 3.05) is 76.1 Å². The summed E-state index contributed by atoms with van der Waals surface area (Å²) < 4.78 is 40.4. The van der Waals surface area contributed by atoms with Gasteiger partial charge in [0.05, 0.1) is 43.9 Å². The Hall–Kier alpha value is -4.24. The monoisotopic (exact) mass is 541 g/mol. The Morgan fingerprint density at radius 1 is 1.03 bits per heavy atom. The van der Waals surface area contributed by atoms with Gasteiger partial charge < -0.3 is 29.9 Å². The number of anilines is 4. The first-order chi connectivity index (χ1) is 18.9. The van der Waals surface area contributed by atoms with E-state index in [0.29, 0.717) is 61.7 Å². The highest BCUT2D eigenvalue weighted by Crippen LogP contribution is 2.32. The van der Waals surface area contributed by atoms with Gasteiger partial charge in [0.1, 0.15) is 11.3 Å². The van der Waals surface area contributed by atoms with Crippen molar-refractivity contribution in [2.45, 2.75) is 6.43 Å². The van der Waals surface area contributed by atoms with Crippen LogP contribution in [0, 0.1) is 0 Å². The third kappa shape index (κ3) is 5.93. The molecule has 0 spiro atoms. The van der Waals surface area contributed by atoms with Crippen molar-refractivity contribution in [3.63, 3.8) is 0 Å². The van der Waals surface area contributed by atoms with E-state index in [2.05, 4.69) is 40.5 Å². The number of nitrogens with one attached hydrogen (secondary N) is 2. The fourth-order valence-corrected chi connectivity index (χ4v) is 4.03. The first-order valence-electron chi connectivity index (χ1n) is 12.3. The molecule has 206 valence electrons. The minimum atomic E-state index is -2.89. The molecule has 0 amide bonds. The summed E-state index contributed by atoms with van der Waals surface area (Å²) in [5, 5.41) is 6.23. The number of morpholine rings is 1. The zero-order chi connectivity index (χ0) is 27.4. The number of ether oxygens (including phenoxy) is 2. The third-order valence-corrected chi connectivity index (χ3v) is 5.94. The lowest BCUT2D eigenvalue weighted by molar-refractivity contribution is 0.122. The van der Waals surface area contributed by atoms with E-state index in [-0.39, 0.29) is 17.4 Å². The van der Waals surface area contributed by atoms with E-state index in [1.54, 1.807) is 30.6 Å². The van der Waals surface area contributed by atoms with Crippen LogP contribution in [0.4, 0.5) is 32.3 Å². The minimum Gasteiger partial charge on any atom is -0.494 e. The van der Waals surface area contributed by atoms with E-state index >= 15 is 0 Å². The summed E-state index contributed by atoms with van der Waals surface area (Å²) in [6, 6.07) is 5.02. The second kappa shape index (κ2) is 11.7. The number of methoxy groups -OCH3 is 1. The largest absolute Gasteiger partial charge is 0.494 e. The lowest BCUT2D eigenvalue weighted by Crippen LogP contribution is -2.37. The summed E-state index contributed by atoms with van der Waals surface area (Å²) in [5.74, 6) is 0.791. The molecule has 0 radical (unpaired) electrons. The summed E-state index contributed by atoms with van der Waals surface area (Å²) in [6.45, 7) is 3.59. The molecule has 4 aromatic rings. The molecule has 2 N–H and O–H groups in total. The van der Waals surface area contributed by atoms with Crippen LogP contribution in [0.25, 0.3) is 17.0 Å². The predicted molar refractivity (Wildman–Crippen MR) is 141 cm³/mol. The molecule has 1 aliphatic rings. The maximum absolute atomic E-state index is 14.2. The van der Waals surface area contributed by atoms with Gasteiger partial charge in [0.2, 0.25) is 23.8 Å². The molecule has 0 aliphatic carbocycles. The molecule has 1 fully saturated rings. The molecule has 1 aliphatic heterocycles. The van der Waals surface area contributed by atoms with Crippen molar-refractivity contribution in [1.82, 2.24) is 39.4 Å². The van der Waals surface area contributed by atoms with Gasteiger partial charge in [0.25, 0.3) is 6.43 Å². The average Bonchev–Trinajstić information content (AvgIpc) is 3.35. The Bertz CT molecular complexity index is 1410. The topological polar surface area (TPSA) is 131 Å². The van der Waals surface area contributed by atoms with Crippen LogP contribution in [0.5, 0.6) is 5.75 Å². The number of para-hydroxylation sites is 1. The van der Waals surface area contributed by atoms with Crippen molar-refractivity contribution in [1.29, 1.82) is 0 Å². The van der Waals surface area contributed by atoms with Crippen molar-refractivity contribution < 1.29 is 18.3 Å². The summed E-state index contributed by atoms with van der Waals surface area (Å²) in [6.07, 6.45) is 0.290. The number of rotatable bonds is 10. The number of hydrogen-bond donors (Lipinski definition) is 2. The van der Waals surface area contributed by atoms with Gasteiger partial charge in [0.15, 0.2) is 5.82 Å². The molecule has 1 aromatic carbocycles. The predicted octanol–water partition coefficient (Wildman–Crippen LogP) is 2.50. The van der Waals surface area contributed by atoms with Gasteiger partial charge in [-0.1, -0.05) is 6.07 Å². The van der Waals surface area contributed by atoms with Crippen LogP contribution in [-0.4, -0.2) is 100.0 Å². The molecule has 0 atom stereocenters. The Balaban J connectivity index is 1.53. The summed E-state index contributed by atoms with van der Waals surface area (Å²) in [7, 11) is 5.43. The molecule has 15 heteroatoms. The second-order valence-corrected chi connectivity index (χ2v) is 8.94. The van der Waals surface area contributed by atoms with Gasteiger partial charge in [-0.15, -0.1) is 0 Å². The van der Waals surface area contributed by atoms with E-state index in [4.69, 9.17) is 9.47 Å². The van der Waals surface area contributed by atoms with Crippen molar-refractivity contribution in [3.8, 4) is 11.7 Å². The van der Waals surface area contributed by atoms with E-state index in [0.717, 1.165) is 6.54 Å². The summed E-state index contributed by atoms with van der Waals surface area (Å²) >= 11 is 0.